The van der Waals surface area contributed by atoms with Gasteiger partial charge in [-0.25, -0.2) is 9.97 Å². The van der Waals surface area contributed by atoms with Crippen molar-refractivity contribution in [2.45, 2.75) is 0 Å². The van der Waals surface area contributed by atoms with Gasteiger partial charge < -0.3 is 8.98 Å². The van der Waals surface area contributed by atoms with Gasteiger partial charge >= 0.3 is 0 Å². The van der Waals surface area contributed by atoms with Gasteiger partial charge in [0.25, 0.3) is 0 Å². The molecule has 0 aliphatic rings. The molecule has 0 atom stereocenters. The Morgan fingerprint density at radius 3 is 1.69 bits per heavy atom. The lowest BCUT2D eigenvalue weighted by atomic mass is 10.0. The molecule has 0 spiro atoms. The zero-order chi connectivity index (χ0) is 36.0. The molecule has 0 unspecified atom stereocenters. The van der Waals surface area contributed by atoms with Crippen LogP contribution in [0.25, 0.3) is 110 Å². The van der Waals surface area contributed by atoms with Crippen LogP contribution < -0.4 is 0 Å². The maximum absolute atomic E-state index is 6.31. The largest absolute Gasteiger partial charge is 0.456 e. The predicted molar refractivity (Wildman–Crippen MR) is 226 cm³/mol. The Kier molecular flexibility index (Phi) is 6.27. The Balaban J connectivity index is 1.07. The third-order valence-corrected chi connectivity index (χ3v) is 11.1. The minimum Gasteiger partial charge on any atom is -0.456 e. The molecule has 12 rings (SSSR count). The fourth-order valence-electron chi connectivity index (χ4n) is 8.72. The van der Waals surface area contributed by atoms with E-state index in [2.05, 4.69) is 167 Å². The van der Waals surface area contributed by atoms with Gasteiger partial charge in [-0.15, -0.1) is 0 Å². The third kappa shape index (κ3) is 4.41. The molecule has 5 heteroatoms. The van der Waals surface area contributed by atoms with E-state index < -0.39 is 0 Å². The van der Waals surface area contributed by atoms with Crippen LogP contribution in [0.1, 0.15) is 0 Å². The molecule has 0 saturated carbocycles. The molecule has 5 nitrogen and oxygen atoms in total. The number of aromatic nitrogens is 4. The van der Waals surface area contributed by atoms with Gasteiger partial charge in [-0.05, 0) is 77.9 Å². The van der Waals surface area contributed by atoms with Gasteiger partial charge in [0.1, 0.15) is 11.2 Å². The minimum absolute atomic E-state index is 0.632. The summed E-state index contributed by atoms with van der Waals surface area (Å²) in [5.41, 5.74) is 12.5. The van der Waals surface area contributed by atoms with E-state index in [4.69, 9.17) is 14.4 Å². The molecule has 4 aromatic heterocycles. The van der Waals surface area contributed by atoms with E-state index in [-0.39, 0.29) is 0 Å². The molecular formula is C50H30N4O. The molecule has 4 heterocycles. The molecule has 0 amide bonds. The monoisotopic (exact) mass is 702 g/mol. The molecular weight excluding hydrogens is 673 g/mol. The predicted octanol–water partition coefficient (Wildman–Crippen LogP) is 13.1. The van der Waals surface area contributed by atoms with Gasteiger partial charge in [-0.2, -0.15) is 0 Å². The summed E-state index contributed by atoms with van der Waals surface area (Å²) in [6.45, 7) is 0. The van der Waals surface area contributed by atoms with Crippen LogP contribution >= 0.6 is 0 Å². The van der Waals surface area contributed by atoms with Crippen molar-refractivity contribution in [1.29, 1.82) is 0 Å². The van der Waals surface area contributed by atoms with Crippen LogP contribution in [-0.4, -0.2) is 19.1 Å². The Morgan fingerprint density at radius 2 is 0.945 bits per heavy atom. The van der Waals surface area contributed by atoms with Crippen LogP contribution in [-0.2, 0) is 0 Å². The summed E-state index contributed by atoms with van der Waals surface area (Å²) >= 11 is 0. The van der Waals surface area contributed by atoms with E-state index in [1.165, 1.54) is 27.4 Å². The van der Waals surface area contributed by atoms with Crippen LogP contribution in [0.3, 0.4) is 0 Å². The first-order valence-corrected chi connectivity index (χ1v) is 18.6. The Morgan fingerprint density at radius 1 is 0.382 bits per heavy atom. The highest BCUT2D eigenvalue weighted by molar-refractivity contribution is 6.15. The number of hydrogen-bond donors (Lipinski definition) is 0. The molecule has 0 aliphatic heterocycles. The lowest BCUT2D eigenvalue weighted by molar-refractivity contribution is 0.669. The highest BCUT2D eigenvalue weighted by Crippen LogP contribution is 2.41. The van der Waals surface area contributed by atoms with Gasteiger partial charge in [-0.3, -0.25) is 4.57 Å². The first-order valence-electron chi connectivity index (χ1n) is 18.6. The topological polar surface area (TPSA) is 48.8 Å². The summed E-state index contributed by atoms with van der Waals surface area (Å²) in [5, 5.41) is 7.91. The third-order valence-electron chi connectivity index (χ3n) is 11.1. The first-order chi connectivity index (χ1) is 27.3. The fourth-order valence-corrected chi connectivity index (χ4v) is 8.72. The SMILES string of the molecule is c1ccc(-n2c3ccccc3c3cc(-c4ccc5c(c4)c4ccccc4n5-c4nc(-c5cccc6oc7ccccc7c56)c5ccccc5n4)ccc32)cc1. The molecule has 0 bridgehead atoms. The van der Waals surface area contributed by atoms with Crippen LogP contribution in [0.4, 0.5) is 0 Å². The van der Waals surface area contributed by atoms with Crippen molar-refractivity contribution in [2.75, 3.05) is 0 Å². The number of rotatable bonds is 4. The second-order valence-electron chi connectivity index (χ2n) is 14.2. The van der Waals surface area contributed by atoms with Crippen molar-refractivity contribution in [1.82, 2.24) is 19.1 Å². The van der Waals surface area contributed by atoms with Crippen molar-refractivity contribution >= 4 is 76.5 Å². The summed E-state index contributed by atoms with van der Waals surface area (Å²) in [4.78, 5) is 10.7. The number of nitrogens with zero attached hydrogens (tertiary/aromatic N) is 4. The van der Waals surface area contributed by atoms with Gasteiger partial charge in [-0.1, -0.05) is 115 Å². The van der Waals surface area contributed by atoms with Crippen LogP contribution in [0.2, 0.25) is 0 Å². The molecule has 55 heavy (non-hydrogen) atoms. The van der Waals surface area contributed by atoms with Crippen molar-refractivity contribution in [3.63, 3.8) is 0 Å². The molecule has 0 aliphatic carbocycles. The van der Waals surface area contributed by atoms with E-state index in [1.54, 1.807) is 0 Å². The second kappa shape index (κ2) is 11.5. The molecule has 256 valence electrons. The molecule has 0 N–H and O–H groups in total. The van der Waals surface area contributed by atoms with Gasteiger partial charge in [0.2, 0.25) is 5.95 Å². The highest BCUT2D eigenvalue weighted by Gasteiger charge is 2.21. The van der Waals surface area contributed by atoms with E-state index >= 15 is 0 Å². The Labute approximate surface area is 315 Å². The Hall–Kier alpha value is -7.50. The van der Waals surface area contributed by atoms with Crippen molar-refractivity contribution in [3.8, 4) is 34.0 Å². The smallest absolute Gasteiger partial charge is 0.235 e. The second-order valence-corrected chi connectivity index (χ2v) is 14.2. The molecule has 12 aromatic rings. The maximum Gasteiger partial charge on any atom is 0.235 e. The average molecular weight is 703 g/mol. The van der Waals surface area contributed by atoms with E-state index in [0.29, 0.717) is 5.95 Å². The summed E-state index contributed by atoms with van der Waals surface area (Å²) in [6, 6.07) is 64.3. The number of para-hydroxylation sites is 5. The van der Waals surface area contributed by atoms with E-state index in [0.717, 1.165) is 77.2 Å². The zero-order valence-electron chi connectivity index (χ0n) is 29.5. The molecule has 8 aromatic carbocycles. The summed E-state index contributed by atoms with van der Waals surface area (Å²) < 4.78 is 10.9. The standard InChI is InChI=1S/C50H30N4O/c1-2-13-33(14-3-1)53-42-21-9-5-15-34(42)39-29-31(25-27-44(39)53)32-26-28-45-40(30-32)35-16-6-10-22-43(35)54(45)50-51-41-20-8-4-17-36(41)49(52-50)38-19-12-24-47-48(38)37-18-7-11-23-46(37)55-47/h1-30H. The van der Waals surface area contributed by atoms with E-state index in [1.807, 2.05) is 24.3 Å². The zero-order valence-corrected chi connectivity index (χ0v) is 29.5. The van der Waals surface area contributed by atoms with E-state index in [9.17, 15) is 0 Å². The molecule has 0 fully saturated rings. The minimum atomic E-state index is 0.632. The summed E-state index contributed by atoms with van der Waals surface area (Å²) in [5.74, 6) is 0.632. The summed E-state index contributed by atoms with van der Waals surface area (Å²) in [6.07, 6.45) is 0. The Bertz CT molecular complexity index is 3500. The van der Waals surface area contributed by atoms with Crippen molar-refractivity contribution < 1.29 is 4.42 Å². The fraction of sp³-hybridized carbons (Fsp3) is 0. The lowest BCUT2D eigenvalue weighted by Crippen LogP contribution is -2.03. The molecule has 0 saturated heterocycles. The number of hydrogen-bond acceptors (Lipinski definition) is 3. The number of benzene rings is 8. The quantitative estimate of drug-likeness (QED) is 0.183. The average Bonchev–Trinajstić information content (AvgIpc) is 3.91. The van der Waals surface area contributed by atoms with Crippen LogP contribution in [0.15, 0.2) is 186 Å². The van der Waals surface area contributed by atoms with Crippen LogP contribution in [0, 0.1) is 0 Å². The summed E-state index contributed by atoms with van der Waals surface area (Å²) in [7, 11) is 0. The van der Waals surface area contributed by atoms with Gasteiger partial charge in [0, 0.05) is 49.0 Å². The normalized spacial score (nSPS) is 12.0. The highest BCUT2D eigenvalue weighted by atomic mass is 16.3. The van der Waals surface area contributed by atoms with Crippen molar-refractivity contribution in [3.05, 3.63) is 182 Å². The lowest BCUT2D eigenvalue weighted by Gasteiger charge is -2.12. The first kappa shape index (κ1) is 30.0. The molecule has 0 radical (unpaired) electrons. The maximum atomic E-state index is 6.31. The van der Waals surface area contributed by atoms with Gasteiger partial charge in [0.15, 0.2) is 0 Å². The van der Waals surface area contributed by atoms with Crippen LogP contribution in [0.5, 0.6) is 0 Å². The number of fused-ring (bicyclic) bond motifs is 10. The van der Waals surface area contributed by atoms with Crippen molar-refractivity contribution in [2.24, 2.45) is 0 Å². The van der Waals surface area contributed by atoms with Gasteiger partial charge in [0.05, 0.1) is 33.3 Å². The number of furan rings is 1.